The van der Waals surface area contributed by atoms with Crippen LogP contribution in [0.5, 0.6) is 0 Å². The van der Waals surface area contributed by atoms with Crippen LogP contribution in [0.1, 0.15) is 20.8 Å². The molecule has 0 aromatic rings. The van der Waals surface area contributed by atoms with E-state index in [1.165, 1.54) is 0 Å². The molecule has 0 radical (unpaired) electrons. The lowest BCUT2D eigenvalue weighted by Crippen LogP contribution is -1.94. The molecule has 0 saturated carbocycles. The van der Waals surface area contributed by atoms with Crippen molar-refractivity contribution in [3.05, 3.63) is 0 Å². The maximum Gasteiger partial charge on any atom is 0.202 e. The Balaban J connectivity index is 0. The van der Waals surface area contributed by atoms with E-state index in [2.05, 4.69) is 0 Å². The largest absolute Gasteiger partial charge is 0.329 e. The Morgan fingerprint density at radius 3 is 1.70 bits per heavy atom. The lowest BCUT2D eigenvalue weighted by molar-refractivity contribution is 0.334. The third-order valence-electron chi connectivity index (χ3n) is 1.33. The van der Waals surface area contributed by atoms with Crippen LogP contribution in [0.15, 0.2) is 0 Å². The summed E-state index contributed by atoms with van der Waals surface area (Å²) in [5.41, 5.74) is 0. The summed E-state index contributed by atoms with van der Waals surface area (Å²) in [7, 11) is -2.18. The lowest BCUT2D eigenvalue weighted by Gasteiger charge is -2.12. The van der Waals surface area contributed by atoms with Gasteiger partial charge >= 0.3 is 0 Å². The van der Waals surface area contributed by atoms with Gasteiger partial charge in [0, 0.05) is 12.3 Å². The summed E-state index contributed by atoms with van der Waals surface area (Å²) >= 11 is 0. The molecule has 0 heterocycles. The molecule has 0 bridgehead atoms. The standard InChI is InChI=1S/C6H15O2P.Al.3H/c1-4-8-9(7,5-2)6-3;;;;/h4-6H2,1-3H3;;;;. The zero-order chi connectivity index (χ0) is 7.33. The molecule has 62 valence electrons. The van der Waals surface area contributed by atoms with Crippen LogP contribution in [0.25, 0.3) is 0 Å². The molecule has 0 saturated heterocycles. The van der Waals surface area contributed by atoms with E-state index in [-0.39, 0.29) is 17.4 Å². The Kier molecular flexibility index (Phi) is 8.57. The van der Waals surface area contributed by atoms with E-state index in [0.29, 0.717) is 18.9 Å². The first-order valence-corrected chi connectivity index (χ1v) is 5.40. The molecule has 0 aliphatic heterocycles. The first-order chi connectivity index (χ1) is 4.18. The number of rotatable bonds is 4. The average molecular weight is 180 g/mol. The molecule has 0 aliphatic rings. The van der Waals surface area contributed by atoms with Crippen molar-refractivity contribution in [2.75, 3.05) is 18.9 Å². The van der Waals surface area contributed by atoms with Gasteiger partial charge in [-0.25, -0.2) is 0 Å². The zero-order valence-corrected chi connectivity index (χ0v) is 7.28. The van der Waals surface area contributed by atoms with Gasteiger partial charge in [0.1, 0.15) is 0 Å². The smallest absolute Gasteiger partial charge is 0.202 e. The van der Waals surface area contributed by atoms with E-state index in [9.17, 15) is 4.57 Å². The Hall–Kier alpha value is 0.722. The third kappa shape index (κ3) is 4.52. The van der Waals surface area contributed by atoms with Crippen molar-refractivity contribution < 1.29 is 9.09 Å². The molecule has 0 aromatic heterocycles. The summed E-state index contributed by atoms with van der Waals surface area (Å²) < 4.78 is 16.4. The van der Waals surface area contributed by atoms with Crippen LogP contribution in [-0.4, -0.2) is 36.3 Å². The molecule has 0 spiro atoms. The normalized spacial score (nSPS) is 10.7. The van der Waals surface area contributed by atoms with Gasteiger partial charge < -0.3 is 4.52 Å². The average Bonchev–Trinajstić information content (AvgIpc) is 1.89. The van der Waals surface area contributed by atoms with Crippen LogP contribution in [0, 0.1) is 0 Å². The first kappa shape index (κ1) is 13.3. The highest BCUT2D eigenvalue weighted by atomic mass is 31.2. The molecule has 0 aliphatic carbocycles. The second kappa shape index (κ2) is 6.43. The monoisotopic (exact) mass is 180 g/mol. The number of hydrogen-bond acceptors (Lipinski definition) is 2. The fraction of sp³-hybridized carbons (Fsp3) is 1.00. The van der Waals surface area contributed by atoms with Gasteiger partial charge in [-0.15, -0.1) is 0 Å². The quantitative estimate of drug-likeness (QED) is 0.479. The van der Waals surface area contributed by atoms with Crippen LogP contribution >= 0.6 is 7.37 Å². The van der Waals surface area contributed by atoms with Gasteiger partial charge in [-0.1, -0.05) is 13.8 Å². The second-order valence-electron chi connectivity index (χ2n) is 1.86. The fourth-order valence-corrected chi connectivity index (χ4v) is 1.92. The summed E-state index contributed by atoms with van der Waals surface area (Å²) in [5, 5.41) is 0. The molecular formula is C6H18AlO2P. The van der Waals surface area contributed by atoms with Crippen molar-refractivity contribution in [1.82, 2.24) is 0 Å². The highest BCUT2D eigenvalue weighted by molar-refractivity contribution is 7.58. The van der Waals surface area contributed by atoms with Crippen LogP contribution in [0.3, 0.4) is 0 Å². The minimum Gasteiger partial charge on any atom is -0.329 e. The van der Waals surface area contributed by atoms with Crippen molar-refractivity contribution >= 4 is 24.7 Å². The van der Waals surface area contributed by atoms with Gasteiger partial charge in [-0.2, -0.15) is 0 Å². The van der Waals surface area contributed by atoms with Crippen molar-refractivity contribution in [3.8, 4) is 0 Å². The molecule has 0 atom stereocenters. The van der Waals surface area contributed by atoms with Crippen LogP contribution in [0.4, 0.5) is 0 Å². The van der Waals surface area contributed by atoms with Crippen molar-refractivity contribution in [3.63, 3.8) is 0 Å². The van der Waals surface area contributed by atoms with Gasteiger partial charge in [-0.05, 0) is 6.92 Å². The summed E-state index contributed by atoms with van der Waals surface area (Å²) in [5.74, 6) is 0. The van der Waals surface area contributed by atoms with Crippen LogP contribution in [-0.2, 0) is 9.09 Å². The van der Waals surface area contributed by atoms with Crippen molar-refractivity contribution in [2.45, 2.75) is 20.8 Å². The predicted octanol–water partition coefficient (Wildman–Crippen LogP) is 1.16. The van der Waals surface area contributed by atoms with Gasteiger partial charge in [0.25, 0.3) is 0 Å². The Bertz CT molecular complexity index is 108. The minimum atomic E-state index is -2.18. The summed E-state index contributed by atoms with van der Waals surface area (Å²) in [4.78, 5) is 0. The van der Waals surface area contributed by atoms with Crippen molar-refractivity contribution in [1.29, 1.82) is 0 Å². The first-order valence-electron chi connectivity index (χ1n) is 3.41. The summed E-state index contributed by atoms with van der Waals surface area (Å²) in [6, 6.07) is 0. The summed E-state index contributed by atoms with van der Waals surface area (Å²) in [6.07, 6.45) is 1.33. The van der Waals surface area contributed by atoms with Gasteiger partial charge in [0.05, 0.1) is 6.61 Å². The SMILES string of the molecule is CCOP(=O)(CC)CC.[AlH3]. The van der Waals surface area contributed by atoms with E-state index in [0.717, 1.165) is 0 Å². The highest BCUT2D eigenvalue weighted by Crippen LogP contribution is 2.45. The molecule has 2 nitrogen and oxygen atoms in total. The molecule has 0 rings (SSSR count). The van der Waals surface area contributed by atoms with E-state index >= 15 is 0 Å². The Labute approximate surface area is 73.9 Å². The van der Waals surface area contributed by atoms with Crippen LogP contribution in [0.2, 0.25) is 0 Å². The molecule has 10 heavy (non-hydrogen) atoms. The van der Waals surface area contributed by atoms with E-state index in [4.69, 9.17) is 4.52 Å². The molecule has 0 amide bonds. The number of hydrogen-bond donors (Lipinski definition) is 0. The maximum absolute atomic E-state index is 11.3. The molecular weight excluding hydrogens is 162 g/mol. The van der Waals surface area contributed by atoms with Crippen molar-refractivity contribution in [2.24, 2.45) is 0 Å². The topological polar surface area (TPSA) is 26.3 Å². The zero-order valence-electron chi connectivity index (χ0n) is 6.39. The third-order valence-corrected chi connectivity index (χ3v) is 3.98. The van der Waals surface area contributed by atoms with E-state index < -0.39 is 7.37 Å². The fourth-order valence-electron chi connectivity index (χ4n) is 0.641. The van der Waals surface area contributed by atoms with E-state index in [1.807, 2.05) is 20.8 Å². The molecule has 4 heteroatoms. The molecule has 0 fully saturated rings. The molecule has 0 unspecified atom stereocenters. The Morgan fingerprint density at radius 2 is 1.60 bits per heavy atom. The second-order valence-corrected chi connectivity index (χ2v) is 5.02. The lowest BCUT2D eigenvalue weighted by atomic mass is 10.9. The molecule has 0 aromatic carbocycles. The maximum atomic E-state index is 11.3. The van der Waals surface area contributed by atoms with Gasteiger partial charge in [-0.3, -0.25) is 4.57 Å². The summed E-state index contributed by atoms with van der Waals surface area (Å²) in [6.45, 7) is 6.25. The van der Waals surface area contributed by atoms with Gasteiger partial charge in [0.15, 0.2) is 17.4 Å². The minimum absolute atomic E-state index is 0. The molecule has 0 N–H and O–H groups in total. The Morgan fingerprint density at radius 1 is 1.20 bits per heavy atom. The van der Waals surface area contributed by atoms with Gasteiger partial charge in [0.2, 0.25) is 7.37 Å². The predicted molar refractivity (Wildman–Crippen MR) is 50.3 cm³/mol. The van der Waals surface area contributed by atoms with Crippen LogP contribution < -0.4 is 0 Å². The highest BCUT2D eigenvalue weighted by Gasteiger charge is 2.15. The van der Waals surface area contributed by atoms with E-state index in [1.54, 1.807) is 0 Å².